The molecule has 1 atom stereocenters. The molecule has 6 nitrogen and oxygen atoms in total. The average molecular weight is 391 g/mol. The van der Waals surface area contributed by atoms with Gasteiger partial charge in [-0.05, 0) is 65.4 Å². The molecule has 1 aromatic rings. The highest BCUT2D eigenvalue weighted by atomic mass is 16.6. The first-order chi connectivity index (χ1) is 13.1. The van der Waals surface area contributed by atoms with Crippen molar-refractivity contribution in [3.8, 4) is 0 Å². The Morgan fingerprint density at radius 1 is 1.21 bits per heavy atom. The zero-order valence-corrected chi connectivity index (χ0v) is 17.8. The van der Waals surface area contributed by atoms with Gasteiger partial charge < -0.3 is 19.7 Å². The largest absolute Gasteiger partial charge is 0.445 e. The Morgan fingerprint density at radius 3 is 2.54 bits per heavy atom. The van der Waals surface area contributed by atoms with E-state index in [0.717, 1.165) is 24.8 Å². The number of carbonyl (C=O) groups is 2. The highest BCUT2D eigenvalue weighted by molar-refractivity contribution is 5.69. The molecule has 6 heteroatoms. The molecule has 2 amide bonds. The molecule has 0 aliphatic carbocycles. The van der Waals surface area contributed by atoms with Crippen LogP contribution in [0.3, 0.4) is 0 Å². The molecule has 0 saturated carbocycles. The van der Waals surface area contributed by atoms with Crippen LogP contribution in [0, 0.1) is 5.92 Å². The van der Waals surface area contributed by atoms with Crippen LogP contribution in [0.5, 0.6) is 0 Å². The molecule has 0 bridgehead atoms. The minimum absolute atomic E-state index is 0.213. The number of nitrogens with zero attached hydrogens (tertiary/aromatic N) is 1. The van der Waals surface area contributed by atoms with E-state index in [1.807, 2.05) is 56.0 Å². The van der Waals surface area contributed by atoms with Crippen molar-refractivity contribution < 1.29 is 19.1 Å². The maximum Gasteiger partial charge on any atom is 0.410 e. The zero-order valence-electron chi connectivity index (χ0n) is 17.8. The Labute approximate surface area is 168 Å². The summed E-state index contributed by atoms with van der Waals surface area (Å²) < 4.78 is 10.7. The monoisotopic (exact) mass is 390 g/mol. The van der Waals surface area contributed by atoms with E-state index in [9.17, 15) is 9.59 Å². The van der Waals surface area contributed by atoms with Crippen LogP contribution in [0.2, 0.25) is 0 Å². The van der Waals surface area contributed by atoms with Gasteiger partial charge in [-0.15, -0.1) is 0 Å². The first-order valence-electron chi connectivity index (χ1n) is 10.0. The second-order valence-corrected chi connectivity index (χ2v) is 9.10. The van der Waals surface area contributed by atoms with Gasteiger partial charge in [0.05, 0.1) is 0 Å². The molecule has 1 fully saturated rings. The van der Waals surface area contributed by atoms with Gasteiger partial charge in [0.1, 0.15) is 12.2 Å². The lowest BCUT2D eigenvalue weighted by molar-refractivity contribution is 0.0131. The van der Waals surface area contributed by atoms with Crippen LogP contribution < -0.4 is 5.32 Å². The Kier molecular flexibility index (Phi) is 7.33. The fraction of sp³-hybridized carbons (Fsp3) is 0.636. The quantitative estimate of drug-likeness (QED) is 0.713. The molecule has 2 rings (SSSR count). The number of amides is 2. The number of ether oxygens (including phenoxy) is 2. The molecular formula is C22H34N2O4. The number of hydrogen-bond acceptors (Lipinski definition) is 4. The molecule has 1 saturated heterocycles. The van der Waals surface area contributed by atoms with Crippen LogP contribution in [0.1, 0.15) is 59.4 Å². The summed E-state index contributed by atoms with van der Waals surface area (Å²) in [5.74, 6) is 0.407. The average Bonchev–Trinajstić information content (AvgIpc) is 2.91. The Bertz CT molecular complexity index is 652. The first kappa shape index (κ1) is 22.1. The van der Waals surface area contributed by atoms with E-state index in [0.29, 0.717) is 19.0 Å². The predicted octanol–water partition coefficient (Wildman–Crippen LogP) is 4.73. The van der Waals surface area contributed by atoms with Gasteiger partial charge in [0.2, 0.25) is 0 Å². The second kappa shape index (κ2) is 9.30. The predicted molar refractivity (Wildman–Crippen MR) is 109 cm³/mol. The molecule has 0 aromatic heterocycles. The van der Waals surface area contributed by atoms with E-state index in [4.69, 9.17) is 9.47 Å². The van der Waals surface area contributed by atoms with Gasteiger partial charge in [-0.3, -0.25) is 0 Å². The number of rotatable bonds is 6. The smallest absolute Gasteiger partial charge is 0.410 e. The number of nitrogens with one attached hydrogen (secondary N) is 1. The molecule has 1 N–H and O–H groups in total. The van der Waals surface area contributed by atoms with Crippen molar-refractivity contribution in [2.45, 2.75) is 71.6 Å². The van der Waals surface area contributed by atoms with Crippen LogP contribution in [0.4, 0.5) is 9.59 Å². The topological polar surface area (TPSA) is 67.9 Å². The summed E-state index contributed by atoms with van der Waals surface area (Å²) in [5, 5.41) is 2.80. The third kappa shape index (κ3) is 7.06. The van der Waals surface area contributed by atoms with Crippen molar-refractivity contribution in [3.05, 3.63) is 35.9 Å². The van der Waals surface area contributed by atoms with Crippen molar-refractivity contribution in [1.29, 1.82) is 0 Å². The zero-order chi connectivity index (χ0) is 20.8. The highest BCUT2D eigenvalue weighted by Gasteiger charge is 2.42. The van der Waals surface area contributed by atoms with E-state index < -0.39 is 11.7 Å². The Balaban J connectivity index is 1.67. The van der Waals surface area contributed by atoms with Crippen molar-refractivity contribution in [2.75, 3.05) is 13.1 Å². The van der Waals surface area contributed by atoms with Crippen LogP contribution in [0.15, 0.2) is 30.3 Å². The fourth-order valence-electron chi connectivity index (χ4n) is 3.57. The molecule has 28 heavy (non-hydrogen) atoms. The third-order valence-electron chi connectivity index (χ3n) is 4.84. The summed E-state index contributed by atoms with van der Waals surface area (Å²) in [6.07, 6.45) is 2.09. The number of carbonyl (C=O) groups excluding carboxylic acids is 2. The standard InChI is InChI=1S/C22H34N2O4/c1-21(2,3)28-20(26)24-15-18(14-22(24,4)5)12-9-13-23-19(25)27-16-17-10-7-6-8-11-17/h6-8,10-11,18H,9,12-16H2,1-5H3,(H,23,25)/t18-/m1/s1. The van der Waals surface area contributed by atoms with Crippen molar-refractivity contribution in [2.24, 2.45) is 5.92 Å². The lowest BCUT2D eigenvalue weighted by Gasteiger charge is -2.33. The van der Waals surface area contributed by atoms with Crippen LogP contribution in [0.25, 0.3) is 0 Å². The maximum atomic E-state index is 12.5. The number of hydrogen-bond donors (Lipinski definition) is 1. The molecule has 0 unspecified atom stereocenters. The van der Waals surface area contributed by atoms with Gasteiger partial charge in [-0.2, -0.15) is 0 Å². The van der Waals surface area contributed by atoms with Gasteiger partial charge in [0, 0.05) is 18.6 Å². The van der Waals surface area contributed by atoms with Gasteiger partial charge in [0.25, 0.3) is 0 Å². The van der Waals surface area contributed by atoms with Gasteiger partial charge in [0.15, 0.2) is 0 Å². The van der Waals surface area contributed by atoms with E-state index in [2.05, 4.69) is 19.2 Å². The lowest BCUT2D eigenvalue weighted by atomic mass is 9.93. The molecular weight excluding hydrogens is 356 g/mol. The summed E-state index contributed by atoms with van der Waals surface area (Å²) in [6.45, 7) is 11.3. The van der Waals surface area contributed by atoms with Crippen molar-refractivity contribution in [1.82, 2.24) is 10.2 Å². The number of benzene rings is 1. The minimum Gasteiger partial charge on any atom is -0.445 e. The minimum atomic E-state index is -0.491. The SMILES string of the molecule is CC(C)(C)OC(=O)N1C[C@H](CCCNC(=O)OCc2ccccc2)CC1(C)C. The van der Waals surface area contributed by atoms with Gasteiger partial charge >= 0.3 is 12.2 Å². The summed E-state index contributed by atoms with van der Waals surface area (Å²) in [5.41, 5.74) is 0.262. The molecule has 1 heterocycles. The summed E-state index contributed by atoms with van der Waals surface area (Å²) in [7, 11) is 0. The molecule has 1 aliphatic heterocycles. The second-order valence-electron chi connectivity index (χ2n) is 9.10. The molecule has 1 aliphatic rings. The van der Waals surface area contributed by atoms with Gasteiger partial charge in [-0.1, -0.05) is 30.3 Å². The van der Waals surface area contributed by atoms with Crippen LogP contribution in [-0.2, 0) is 16.1 Å². The summed E-state index contributed by atoms with van der Waals surface area (Å²) in [6, 6.07) is 9.61. The van der Waals surface area contributed by atoms with Crippen LogP contribution >= 0.6 is 0 Å². The third-order valence-corrected chi connectivity index (χ3v) is 4.84. The molecule has 1 aromatic carbocycles. The maximum absolute atomic E-state index is 12.5. The van der Waals surface area contributed by atoms with E-state index in [-0.39, 0.29) is 18.2 Å². The first-order valence-corrected chi connectivity index (χ1v) is 10.0. The van der Waals surface area contributed by atoms with E-state index in [1.165, 1.54) is 0 Å². The fourth-order valence-corrected chi connectivity index (χ4v) is 3.57. The van der Waals surface area contributed by atoms with Gasteiger partial charge in [-0.25, -0.2) is 9.59 Å². The Hall–Kier alpha value is -2.24. The lowest BCUT2D eigenvalue weighted by Crippen LogP contribution is -2.45. The van der Waals surface area contributed by atoms with Crippen molar-refractivity contribution in [3.63, 3.8) is 0 Å². The summed E-state index contributed by atoms with van der Waals surface area (Å²) >= 11 is 0. The molecule has 0 spiro atoms. The number of likely N-dealkylation sites (tertiary alicyclic amines) is 1. The Morgan fingerprint density at radius 2 is 1.89 bits per heavy atom. The van der Waals surface area contributed by atoms with E-state index >= 15 is 0 Å². The number of alkyl carbamates (subject to hydrolysis) is 1. The molecule has 156 valence electrons. The van der Waals surface area contributed by atoms with Crippen LogP contribution in [-0.4, -0.2) is 41.3 Å². The normalized spacial score (nSPS) is 18.6. The highest BCUT2D eigenvalue weighted by Crippen LogP contribution is 2.35. The van der Waals surface area contributed by atoms with E-state index in [1.54, 1.807) is 0 Å². The molecule has 0 radical (unpaired) electrons. The van der Waals surface area contributed by atoms with Crippen molar-refractivity contribution >= 4 is 12.2 Å². The summed E-state index contributed by atoms with van der Waals surface area (Å²) in [4.78, 5) is 26.1.